The molecule has 1 aromatic carbocycles. The van der Waals surface area contributed by atoms with Gasteiger partial charge in [-0.15, -0.1) is 0 Å². The van der Waals surface area contributed by atoms with Crippen molar-refractivity contribution >= 4 is 23.4 Å². The van der Waals surface area contributed by atoms with Crippen LogP contribution in [0.15, 0.2) is 30.7 Å². The van der Waals surface area contributed by atoms with Crippen LogP contribution in [-0.4, -0.2) is 45.3 Å². The van der Waals surface area contributed by atoms with Gasteiger partial charge in [0.1, 0.15) is 11.7 Å². The Morgan fingerprint density at radius 2 is 1.83 bits per heavy atom. The smallest absolute Gasteiger partial charge is 0.249 e. The van der Waals surface area contributed by atoms with Gasteiger partial charge in [0.2, 0.25) is 11.9 Å². The minimum absolute atomic E-state index is 0.0262. The van der Waals surface area contributed by atoms with E-state index in [0.29, 0.717) is 42.9 Å². The lowest BCUT2D eigenvalue weighted by Crippen LogP contribution is -2.53. The lowest BCUT2D eigenvalue weighted by molar-refractivity contribution is -0.120. The van der Waals surface area contributed by atoms with Gasteiger partial charge in [0, 0.05) is 31.9 Å². The van der Waals surface area contributed by atoms with Crippen LogP contribution in [0.1, 0.15) is 38.3 Å². The molecule has 1 amide bonds. The van der Waals surface area contributed by atoms with Crippen LogP contribution in [0.4, 0.5) is 30.6 Å². The van der Waals surface area contributed by atoms with E-state index in [2.05, 4.69) is 29.2 Å². The summed E-state index contributed by atoms with van der Waals surface area (Å²) in [5.74, 6) is -2.47. The number of carbonyl (C=O) groups excluding carboxylic acids is 1. The molecule has 1 atom stereocenters. The third-order valence-corrected chi connectivity index (χ3v) is 5.85. The van der Waals surface area contributed by atoms with Crippen molar-refractivity contribution in [2.75, 3.05) is 28.7 Å². The van der Waals surface area contributed by atoms with E-state index >= 15 is 0 Å². The molecule has 0 spiro atoms. The first-order chi connectivity index (χ1) is 16.7. The van der Waals surface area contributed by atoms with Crippen LogP contribution in [0.25, 0.3) is 0 Å². The van der Waals surface area contributed by atoms with Crippen LogP contribution in [0.5, 0.6) is 0 Å². The van der Waals surface area contributed by atoms with Crippen molar-refractivity contribution in [3.8, 4) is 0 Å². The van der Waals surface area contributed by atoms with Crippen LogP contribution in [-0.2, 0) is 17.9 Å². The van der Waals surface area contributed by atoms with Crippen molar-refractivity contribution < 1.29 is 18.0 Å². The summed E-state index contributed by atoms with van der Waals surface area (Å²) in [7, 11) is 1.74. The predicted octanol–water partition coefficient (Wildman–Crippen LogP) is 3.97. The summed E-state index contributed by atoms with van der Waals surface area (Å²) < 4.78 is 41.6. The maximum absolute atomic E-state index is 13.5. The van der Waals surface area contributed by atoms with E-state index in [1.807, 2.05) is 11.8 Å². The number of anilines is 3. The van der Waals surface area contributed by atoms with Gasteiger partial charge in [-0.1, -0.05) is 20.8 Å². The fraction of sp³-hybridized carbons (Fsp3) is 0.417. The number of nitrogens with zero attached hydrogens (tertiary/aromatic N) is 6. The van der Waals surface area contributed by atoms with Gasteiger partial charge in [0.25, 0.3) is 0 Å². The zero-order valence-corrected chi connectivity index (χ0v) is 20.1. The number of rotatable bonds is 8. The van der Waals surface area contributed by atoms with Crippen LogP contribution in [0.2, 0.25) is 0 Å². The van der Waals surface area contributed by atoms with E-state index < -0.39 is 17.5 Å². The van der Waals surface area contributed by atoms with E-state index in [1.165, 1.54) is 4.68 Å². The molecule has 4 rings (SSSR count). The summed E-state index contributed by atoms with van der Waals surface area (Å²) in [6.07, 6.45) is 5.65. The Kier molecular flexibility index (Phi) is 6.95. The molecule has 0 fully saturated rings. The van der Waals surface area contributed by atoms with Gasteiger partial charge in [-0.25, -0.2) is 18.2 Å². The fourth-order valence-corrected chi connectivity index (χ4v) is 4.18. The molecule has 0 saturated heterocycles. The summed E-state index contributed by atoms with van der Waals surface area (Å²) >= 11 is 0. The Morgan fingerprint density at radius 1 is 1.11 bits per heavy atom. The molecule has 2 aromatic heterocycles. The van der Waals surface area contributed by atoms with Crippen molar-refractivity contribution in [1.82, 2.24) is 19.7 Å². The number of hydrogen-bond donors (Lipinski definition) is 1. The SMILES string of the molecule is CC[C@H]1C(=O)N(C)c2cnc(NCc3cnn(Cc4cc(F)c(F)c(F)c4)c3)nc2N1CC(C)C. The summed E-state index contributed by atoms with van der Waals surface area (Å²) in [4.78, 5) is 25.6. The summed E-state index contributed by atoms with van der Waals surface area (Å²) in [6, 6.07) is 1.62. The molecule has 1 aliphatic rings. The normalized spacial score (nSPS) is 15.7. The first kappa shape index (κ1) is 24.5. The van der Waals surface area contributed by atoms with Crippen molar-refractivity contribution in [2.24, 2.45) is 5.92 Å². The standard InChI is InChI=1S/C24H28F3N7O/c1-5-19-23(35)32(4)20-10-29-24(31-22(20)34(19)11-14(2)3)28-8-16-9-30-33(13-16)12-15-6-17(25)21(27)18(26)7-15/h6-7,9-10,13-14,19H,5,8,11-12H2,1-4H3,(H,28,29,31)/t19-/m0/s1. The van der Waals surface area contributed by atoms with Crippen molar-refractivity contribution in [3.63, 3.8) is 0 Å². The fourth-order valence-electron chi connectivity index (χ4n) is 4.18. The Labute approximate surface area is 201 Å². The Hall–Kier alpha value is -3.63. The largest absolute Gasteiger partial charge is 0.350 e. The number of nitrogens with one attached hydrogen (secondary N) is 1. The molecular formula is C24H28F3N7O. The molecule has 35 heavy (non-hydrogen) atoms. The highest BCUT2D eigenvalue weighted by Gasteiger charge is 2.37. The molecule has 0 radical (unpaired) electrons. The third-order valence-electron chi connectivity index (χ3n) is 5.85. The number of fused-ring (bicyclic) bond motifs is 1. The Morgan fingerprint density at radius 3 is 2.49 bits per heavy atom. The second-order valence-corrected chi connectivity index (χ2v) is 9.04. The summed E-state index contributed by atoms with van der Waals surface area (Å²) in [6.45, 7) is 7.33. The maximum atomic E-state index is 13.5. The minimum Gasteiger partial charge on any atom is -0.350 e. The number of benzene rings is 1. The molecule has 3 heterocycles. The molecule has 186 valence electrons. The van der Waals surface area contributed by atoms with Gasteiger partial charge in [-0.2, -0.15) is 10.1 Å². The molecule has 0 bridgehead atoms. The van der Waals surface area contributed by atoms with Gasteiger partial charge >= 0.3 is 0 Å². The van der Waals surface area contributed by atoms with E-state index in [4.69, 9.17) is 4.98 Å². The zero-order chi connectivity index (χ0) is 25.3. The molecule has 1 aliphatic heterocycles. The number of amides is 1. The minimum atomic E-state index is -1.49. The van der Waals surface area contributed by atoms with E-state index in [0.717, 1.165) is 17.7 Å². The average molecular weight is 488 g/mol. The molecular weight excluding hydrogens is 459 g/mol. The highest BCUT2D eigenvalue weighted by atomic mass is 19.2. The van der Waals surface area contributed by atoms with Crippen molar-refractivity contribution in [1.29, 1.82) is 0 Å². The van der Waals surface area contributed by atoms with Gasteiger partial charge in [-0.05, 0) is 30.0 Å². The molecule has 11 heteroatoms. The Balaban J connectivity index is 1.49. The molecule has 0 aliphatic carbocycles. The molecule has 1 N–H and O–H groups in total. The average Bonchev–Trinajstić information content (AvgIpc) is 3.26. The lowest BCUT2D eigenvalue weighted by Gasteiger charge is -2.41. The quantitative estimate of drug-likeness (QED) is 0.485. The monoisotopic (exact) mass is 487 g/mol. The number of carbonyl (C=O) groups is 1. The number of hydrogen-bond acceptors (Lipinski definition) is 6. The predicted molar refractivity (Wildman–Crippen MR) is 127 cm³/mol. The number of aromatic nitrogens is 4. The first-order valence-electron chi connectivity index (χ1n) is 11.5. The molecule has 8 nitrogen and oxygen atoms in total. The molecule has 3 aromatic rings. The van der Waals surface area contributed by atoms with E-state index in [1.54, 1.807) is 30.5 Å². The second kappa shape index (κ2) is 9.93. The highest BCUT2D eigenvalue weighted by Crippen LogP contribution is 2.35. The Bertz CT molecular complexity index is 1210. The molecule has 0 saturated carbocycles. The highest BCUT2D eigenvalue weighted by molar-refractivity contribution is 6.04. The summed E-state index contributed by atoms with van der Waals surface area (Å²) in [5.41, 5.74) is 1.72. The maximum Gasteiger partial charge on any atom is 0.249 e. The number of halogens is 3. The second-order valence-electron chi connectivity index (χ2n) is 9.04. The molecule has 0 unspecified atom stereocenters. The topological polar surface area (TPSA) is 79.2 Å². The zero-order valence-electron chi connectivity index (χ0n) is 20.1. The lowest BCUT2D eigenvalue weighted by atomic mass is 10.1. The van der Waals surface area contributed by atoms with Gasteiger partial charge < -0.3 is 15.1 Å². The van der Waals surface area contributed by atoms with Crippen molar-refractivity contribution in [3.05, 3.63) is 59.3 Å². The van der Waals surface area contributed by atoms with Gasteiger partial charge in [0.05, 0.1) is 18.9 Å². The van der Waals surface area contributed by atoms with E-state index in [9.17, 15) is 18.0 Å². The van der Waals surface area contributed by atoms with Crippen LogP contribution >= 0.6 is 0 Å². The van der Waals surface area contributed by atoms with Crippen LogP contribution in [0, 0.1) is 23.4 Å². The summed E-state index contributed by atoms with van der Waals surface area (Å²) in [5, 5.41) is 7.38. The van der Waals surface area contributed by atoms with E-state index in [-0.39, 0.29) is 24.1 Å². The van der Waals surface area contributed by atoms with Crippen LogP contribution < -0.4 is 15.1 Å². The van der Waals surface area contributed by atoms with Gasteiger partial charge in [-0.3, -0.25) is 9.48 Å². The van der Waals surface area contributed by atoms with Crippen LogP contribution in [0.3, 0.4) is 0 Å². The first-order valence-corrected chi connectivity index (χ1v) is 11.5. The third kappa shape index (κ3) is 5.08. The van der Waals surface area contributed by atoms with Gasteiger partial charge in [0.15, 0.2) is 23.3 Å². The number of likely N-dealkylation sites (N-methyl/N-ethyl adjacent to an activating group) is 1. The van der Waals surface area contributed by atoms with Crippen molar-refractivity contribution in [2.45, 2.75) is 46.3 Å².